The fourth-order valence-corrected chi connectivity index (χ4v) is 3.88. The van der Waals surface area contributed by atoms with Gasteiger partial charge in [-0.3, -0.25) is 9.88 Å². The summed E-state index contributed by atoms with van der Waals surface area (Å²) in [5, 5.41) is 3.10. The highest BCUT2D eigenvalue weighted by atomic mass is 15.4. The molecule has 1 atom stereocenters. The number of fused-ring (bicyclic) bond motifs is 3. The number of aliphatic imine (C=N–C) groups is 1. The first kappa shape index (κ1) is 14.3. The molecule has 0 amide bonds. The summed E-state index contributed by atoms with van der Waals surface area (Å²) in [4.78, 5) is 11.9. The summed E-state index contributed by atoms with van der Waals surface area (Å²) in [6.45, 7) is 2.19. The highest BCUT2D eigenvalue weighted by Gasteiger charge is 2.28. The van der Waals surface area contributed by atoms with Crippen molar-refractivity contribution in [1.82, 2.24) is 9.55 Å². The molecule has 1 fully saturated rings. The van der Waals surface area contributed by atoms with Crippen LogP contribution in [0.25, 0.3) is 11.0 Å². The summed E-state index contributed by atoms with van der Waals surface area (Å²) in [5.41, 5.74) is 10.5. The van der Waals surface area contributed by atoms with E-state index in [1.165, 1.54) is 24.1 Å². The molecule has 3 aromatic rings. The summed E-state index contributed by atoms with van der Waals surface area (Å²) < 4.78 is 2.14. The van der Waals surface area contributed by atoms with Gasteiger partial charge in [-0.1, -0.05) is 30.3 Å². The number of anilines is 2. The van der Waals surface area contributed by atoms with E-state index >= 15 is 0 Å². The fourth-order valence-electron chi connectivity index (χ4n) is 3.88. The lowest BCUT2D eigenvalue weighted by Gasteiger charge is -2.28. The number of imidazole rings is 1. The second-order valence-electron chi connectivity index (χ2n) is 6.56. The molecule has 0 radical (unpaired) electrons. The van der Waals surface area contributed by atoms with Crippen molar-refractivity contribution in [2.75, 3.05) is 23.3 Å². The number of aromatic nitrogens is 2. The molecule has 6 nitrogen and oxygen atoms in total. The van der Waals surface area contributed by atoms with E-state index in [4.69, 9.17) is 10.7 Å². The Morgan fingerprint density at radius 1 is 1.00 bits per heavy atom. The Morgan fingerprint density at radius 2 is 1.76 bits per heavy atom. The predicted molar refractivity (Wildman–Crippen MR) is 101 cm³/mol. The molecule has 0 unspecified atom stereocenters. The Morgan fingerprint density at radius 3 is 2.64 bits per heavy atom. The van der Waals surface area contributed by atoms with Crippen LogP contribution in [0.3, 0.4) is 0 Å². The van der Waals surface area contributed by atoms with Crippen LogP contribution in [0, 0.1) is 0 Å². The van der Waals surface area contributed by atoms with Crippen LogP contribution < -0.4 is 16.0 Å². The Balaban J connectivity index is 1.71. The van der Waals surface area contributed by atoms with Gasteiger partial charge in [-0.05, 0) is 31.0 Å². The van der Waals surface area contributed by atoms with Crippen molar-refractivity contribution in [3.63, 3.8) is 0 Å². The van der Waals surface area contributed by atoms with E-state index in [1.807, 2.05) is 18.2 Å². The number of nitrogens with two attached hydrogens (primary N) is 1. The van der Waals surface area contributed by atoms with Gasteiger partial charge in [0.25, 0.3) is 0 Å². The Labute approximate surface area is 146 Å². The minimum absolute atomic E-state index is 0.208. The molecule has 0 aliphatic carbocycles. The van der Waals surface area contributed by atoms with Crippen LogP contribution in [0.2, 0.25) is 0 Å². The molecule has 1 aromatic heterocycles. The minimum atomic E-state index is -0.208. The topological polar surface area (TPSA) is 71.5 Å². The highest BCUT2D eigenvalue weighted by Crippen LogP contribution is 2.37. The quantitative estimate of drug-likeness (QED) is 0.757. The van der Waals surface area contributed by atoms with Crippen molar-refractivity contribution in [2.45, 2.75) is 19.0 Å². The molecular weight excluding hydrogens is 312 g/mol. The van der Waals surface area contributed by atoms with Crippen molar-refractivity contribution < 1.29 is 0 Å². The van der Waals surface area contributed by atoms with Gasteiger partial charge in [0.2, 0.25) is 5.95 Å². The average Bonchev–Trinajstić information content (AvgIpc) is 3.28. The third-order valence-corrected chi connectivity index (χ3v) is 5.00. The van der Waals surface area contributed by atoms with Gasteiger partial charge in [0, 0.05) is 24.3 Å². The SMILES string of the molecule is NC1=N[C@H](c2ccccc2N2CCCC2)n2c(nc3ccccc32)N1. The molecule has 6 heteroatoms. The molecule has 2 aliphatic rings. The second kappa shape index (κ2) is 5.51. The molecule has 3 N–H and O–H groups in total. The van der Waals surface area contributed by atoms with E-state index in [1.54, 1.807) is 0 Å². The molecule has 5 rings (SSSR count). The first-order valence-corrected chi connectivity index (χ1v) is 8.72. The van der Waals surface area contributed by atoms with Gasteiger partial charge in [-0.15, -0.1) is 0 Å². The average molecular weight is 332 g/mol. The monoisotopic (exact) mass is 332 g/mol. The highest BCUT2D eigenvalue weighted by molar-refractivity contribution is 5.94. The van der Waals surface area contributed by atoms with Crippen molar-refractivity contribution in [3.05, 3.63) is 54.1 Å². The van der Waals surface area contributed by atoms with Crippen LogP contribution in [0.1, 0.15) is 24.6 Å². The van der Waals surface area contributed by atoms with E-state index in [0.29, 0.717) is 5.96 Å². The van der Waals surface area contributed by atoms with E-state index in [2.05, 4.69) is 50.1 Å². The van der Waals surface area contributed by atoms with Crippen molar-refractivity contribution in [2.24, 2.45) is 10.7 Å². The lowest BCUT2D eigenvalue weighted by Crippen LogP contribution is -2.32. The Kier molecular flexibility index (Phi) is 3.16. The Hall–Kier alpha value is -3.02. The van der Waals surface area contributed by atoms with Crippen LogP contribution in [-0.2, 0) is 0 Å². The van der Waals surface area contributed by atoms with Crippen LogP contribution in [-0.4, -0.2) is 28.6 Å². The number of nitrogens with one attached hydrogen (secondary N) is 1. The van der Waals surface area contributed by atoms with E-state index in [0.717, 1.165) is 30.1 Å². The third-order valence-electron chi connectivity index (χ3n) is 5.00. The standard InChI is InChI=1S/C19H20N6/c20-18-22-17(13-7-1-3-9-15(13)24-11-5-6-12-24)25-16-10-4-2-8-14(16)21-19(25)23-18/h1-4,7-10,17H,5-6,11-12H2,(H3,20,21,22,23)/t17-/m0/s1. The van der Waals surface area contributed by atoms with Gasteiger partial charge in [0.15, 0.2) is 12.1 Å². The maximum atomic E-state index is 6.07. The van der Waals surface area contributed by atoms with Gasteiger partial charge in [-0.2, -0.15) is 0 Å². The largest absolute Gasteiger partial charge is 0.371 e. The number of guanidine groups is 1. The molecule has 3 heterocycles. The molecule has 0 spiro atoms. The maximum Gasteiger partial charge on any atom is 0.212 e. The predicted octanol–water partition coefficient (Wildman–Crippen LogP) is 2.92. The van der Waals surface area contributed by atoms with Crippen LogP contribution in [0.5, 0.6) is 0 Å². The number of nitrogens with zero attached hydrogens (tertiary/aromatic N) is 4. The van der Waals surface area contributed by atoms with E-state index in [9.17, 15) is 0 Å². The second-order valence-corrected chi connectivity index (χ2v) is 6.56. The van der Waals surface area contributed by atoms with Crippen molar-refractivity contribution >= 4 is 28.6 Å². The molecule has 25 heavy (non-hydrogen) atoms. The summed E-state index contributed by atoms with van der Waals surface area (Å²) in [5.74, 6) is 1.15. The first-order valence-electron chi connectivity index (χ1n) is 8.72. The zero-order chi connectivity index (χ0) is 16.8. The minimum Gasteiger partial charge on any atom is -0.371 e. The molecule has 0 bridgehead atoms. The summed E-state index contributed by atoms with van der Waals surface area (Å²) in [7, 11) is 0. The van der Waals surface area contributed by atoms with Crippen LogP contribution in [0.15, 0.2) is 53.5 Å². The third kappa shape index (κ3) is 2.25. The van der Waals surface area contributed by atoms with E-state index in [-0.39, 0.29) is 6.17 Å². The normalized spacial score (nSPS) is 19.6. The van der Waals surface area contributed by atoms with Crippen LogP contribution >= 0.6 is 0 Å². The molecular formula is C19H20N6. The number of para-hydroxylation sites is 3. The number of rotatable bonds is 2. The molecule has 2 aliphatic heterocycles. The van der Waals surface area contributed by atoms with Gasteiger partial charge in [0.1, 0.15) is 0 Å². The number of benzene rings is 2. The molecule has 0 saturated carbocycles. The zero-order valence-corrected chi connectivity index (χ0v) is 13.9. The van der Waals surface area contributed by atoms with Gasteiger partial charge in [-0.25, -0.2) is 9.98 Å². The molecule has 2 aromatic carbocycles. The van der Waals surface area contributed by atoms with E-state index < -0.39 is 0 Å². The van der Waals surface area contributed by atoms with Crippen molar-refractivity contribution in [3.8, 4) is 0 Å². The Bertz CT molecular complexity index is 967. The van der Waals surface area contributed by atoms with Gasteiger partial charge < -0.3 is 10.6 Å². The first-order chi connectivity index (χ1) is 12.3. The molecule has 1 saturated heterocycles. The summed E-state index contributed by atoms with van der Waals surface area (Å²) >= 11 is 0. The van der Waals surface area contributed by atoms with Gasteiger partial charge in [0.05, 0.1) is 11.0 Å². The van der Waals surface area contributed by atoms with Crippen LogP contribution in [0.4, 0.5) is 11.6 Å². The van der Waals surface area contributed by atoms with Crippen molar-refractivity contribution in [1.29, 1.82) is 0 Å². The maximum absolute atomic E-state index is 6.07. The zero-order valence-electron chi connectivity index (χ0n) is 13.9. The number of hydrogen-bond donors (Lipinski definition) is 2. The lowest BCUT2D eigenvalue weighted by molar-refractivity contribution is 0.624. The number of hydrogen-bond acceptors (Lipinski definition) is 5. The molecule has 126 valence electrons. The summed E-state index contributed by atoms with van der Waals surface area (Å²) in [6, 6.07) is 16.6. The smallest absolute Gasteiger partial charge is 0.212 e. The lowest BCUT2D eigenvalue weighted by atomic mass is 10.1. The van der Waals surface area contributed by atoms with Gasteiger partial charge >= 0.3 is 0 Å². The fraction of sp³-hybridized carbons (Fsp3) is 0.263. The summed E-state index contributed by atoms with van der Waals surface area (Å²) in [6.07, 6.45) is 2.27.